The number of halogens is 1. The fourth-order valence-corrected chi connectivity index (χ4v) is 3.66. The lowest BCUT2D eigenvalue weighted by Crippen LogP contribution is -2.34. The Hall–Kier alpha value is -0.730. The van der Waals surface area contributed by atoms with Gasteiger partial charge in [-0.1, -0.05) is 37.4 Å². The van der Waals surface area contributed by atoms with Gasteiger partial charge >= 0.3 is 0 Å². The molecule has 21 heavy (non-hydrogen) atoms. The van der Waals surface area contributed by atoms with Gasteiger partial charge in [0.2, 0.25) is 0 Å². The molecule has 0 atom stereocenters. The molecule has 3 heteroatoms. The molecule has 2 aliphatic rings. The van der Waals surface area contributed by atoms with E-state index in [4.69, 9.17) is 11.6 Å². The van der Waals surface area contributed by atoms with Crippen molar-refractivity contribution in [3.8, 4) is 0 Å². The first kappa shape index (κ1) is 15.2. The van der Waals surface area contributed by atoms with E-state index in [9.17, 15) is 0 Å². The Bertz CT molecular complexity index is 462. The zero-order valence-electron chi connectivity index (χ0n) is 13.1. The second kappa shape index (κ2) is 7.02. The van der Waals surface area contributed by atoms with Crippen LogP contribution in [0.15, 0.2) is 18.2 Å². The molecule has 3 rings (SSSR count). The van der Waals surface area contributed by atoms with Crippen LogP contribution in [-0.4, -0.2) is 19.1 Å². The highest BCUT2D eigenvalue weighted by Gasteiger charge is 2.24. The van der Waals surface area contributed by atoms with E-state index in [0.29, 0.717) is 0 Å². The molecule has 1 aliphatic carbocycles. The smallest absolute Gasteiger partial charge is 0.0471 e. The molecule has 1 heterocycles. The Balaban J connectivity index is 1.67. The summed E-state index contributed by atoms with van der Waals surface area (Å²) < 4.78 is 0. The number of hydrogen-bond donors (Lipinski definition) is 1. The molecule has 1 N–H and O–H groups in total. The first-order valence-corrected chi connectivity index (χ1v) is 8.91. The third-order valence-corrected chi connectivity index (χ3v) is 5.25. The number of benzene rings is 1. The van der Waals surface area contributed by atoms with Gasteiger partial charge in [0.15, 0.2) is 0 Å². The SMILES string of the molecule is CCCC1CCN(c2cccc(Cl)c2CNC2CC2)CC1. The van der Waals surface area contributed by atoms with Crippen LogP contribution < -0.4 is 10.2 Å². The molecule has 0 amide bonds. The van der Waals surface area contributed by atoms with Crippen LogP contribution in [0, 0.1) is 5.92 Å². The van der Waals surface area contributed by atoms with Gasteiger partial charge in [-0.3, -0.25) is 0 Å². The van der Waals surface area contributed by atoms with Crippen LogP contribution in [-0.2, 0) is 6.54 Å². The summed E-state index contributed by atoms with van der Waals surface area (Å²) in [5, 5.41) is 4.52. The molecule has 116 valence electrons. The van der Waals surface area contributed by atoms with Gasteiger partial charge in [0, 0.05) is 41.9 Å². The lowest BCUT2D eigenvalue weighted by Gasteiger charge is -2.35. The summed E-state index contributed by atoms with van der Waals surface area (Å²) in [4.78, 5) is 2.54. The lowest BCUT2D eigenvalue weighted by molar-refractivity contribution is 0.378. The molecule has 1 saturated heterocycles. The van der Waals surface area contributed by atoms with E-state index in [-0.39, 0.29) is 0 Å². The van der Waals surface area contributed by atoms with Crippen molar-refractivity contribution in [3.05, 3.63) is 28.8 Å². The van der Waals surface area contributed by atoms with Crippen LogP contribution >= 0.6 is 11.6 Å². The van der Waals surface area contributed by atoms with Gasteiger partial charge in [0.25, 0.3) is 0 Å². The van der Waals surface area contributed by atoms with Crippen molar-refractivity contribution in [2.75, 3.05) is 18.0 Å². The van der Waals surface area contributed by atoms with Crippen molar-refractivity contribution < 1.29 is 0 Å². The predicted molar refractivity (Wildman–Crippen MR) is 91.2 cm³/mol. The van der Waals surface area contributed by atoms with Crippen LogP contribution in [0.5, 0.6) is 0 Å². The van der Waals surface area contributed by atoms with E-state index in [1.54, 1.807) is 0 Å². The van der Waals surface area contributed by atoms with Crippen LogP contribution in [0.25, 0.3) is 0 Å². The first-order chi connectivity index (χ1) is 10.3. The average Bonchev–Trinajstić information content (AvgIpc) is 3.31. The minimum atomic E-state index is 0.726. The molecule has 2 nitrogen and oxygen atoms in total. The number of piperidine rings is 1. The number of rotatable bonds is 6. The lowest BCUT2D eigenvalue weighted by atomic mass is 9.92. The maximum Gasteiger partial charge on any atom is 0.0471 e. The molecular weight excluding hydrogens is 280 g/mol. The molecule has 1 aromatic rings. The maximum atomic E-state index is 6.46. The van der Waals surface area contributed by atoms with E-state index in [2.05, 4.69) is 29.3 Å². The van der Waals surface area contributed by atoms with Gasteiger partial charge < -0.3 is 10.2 Å². The minimum absolute atomic E-state index is 0.726. The van der Waals surface area contributed by atoms with Gasteiger partial charge in [0.05, 0.1) is 0 Å². The minimum Gasteiger partial charge on any atom is -0.371 e. The van der Waals surface area contributed by atoms with Gasteiger partial charge in [0.1, 0.15) is 0 Å². The Morgan fingerprint density at radius 3 is 2.62 bits per heavy atom. The van der Waals surface area contributed by atoms with Gasteiger partial charge in [-0.25, -0.2) is 0 Å². The van der Waals surface area contributed by atoms with Gasteiger partial charge in [-0.15, -0.1) is 0 Å². The monoisotopic (exact) mass is 306 g/mol. The normalized spacial score (nSPS) is 20.0. The molecule has 0 bridgehead atoms. The average molecular weight is 307 g/mol. The van der Waals surface area contributed by atoms with Crippen LogP contribution in [0.3, 0.4) is 0 Å². The molecule has 0 aromatic heterocycles. The summed E-state index contributed by atoms with van der Waals surface area (Å²) in [6.45, 7) is 5.57. The number of hydrogen-bond acceptors (Lipinski definition) is 2. The molecule has 0 spiro atoms. The second-order valence-corrected chi connectivity index (χ2v) is 7.02. The van der Waals surface area contributed by atoms with E-state index in [1.807, 2.05) is 6.07 Å². The quantitative estimate of drug-likeness (QED) is 0.825. The third kappa shape index (κ3) is 3.92. The van der Waals surface area contributed by atoms with E-state index < -0.39 is 0 Å². The van der Waals surface area contributed by atoms with Crippen LogP contribution in [0.2, 0.25) is 5.02 Å². The summed E-state index contributed by atoms with van der Waals surface area (Å²) in [7, 11) is 0. The van der Waals surface area contributed by atoms with Crippen molar-refractivity contribution in [1.29, 1.82) is 0 Å². The molecule has 2 fully saturated rings. The Morgan fingerprint density at radius 1 is 1.19 bits per heavy atom. The van der Waals surface area contributed by atoms with Gasteiger partial charge in [-0.2, -0.15) is 0 Å². The second-order valence-electron chi connectivity index (χ2n) is 6.61. The largest absolute Gasteiger partial charge is 0.371 e. The standard InChI is InChI=1S/C18H27ClN2/c1-2-4-14-9-11-21(12-10-14)18-6-3-5-17(19)16(18)13-20-15-7-8-15/h3,5-6,14-15,20H,2,4,7-13H2,1H3. The fraction of sp³-hybridized carbons (Fsp3) is 0.667. The van der Waals surface area contributed by atoms with Crippen molar-refractivity contribution in [2.45, 2.75) is 58.0 Å². The highest BCUT2D eigenvalue weighted by molar-refractivity contribution is 6.31. The zero-order valence-corrected chi connectivity index (χ0v) is 13.8. The third-order valence-electron chi connectivity index (χ3n) is 4.89. The van der Waals surface area contributed by atoms with Crippen molar-refractivity contribution in [2.24, 2.45) is 5.92 Å². The van der Waals surface area contributed by atoms with Crippen molar-refractivity contribution >= 4 is 17.3 Å². The van der Waals surface area contributed by atoms with Crippen LogP contribution in [0.1, 0.15) is 51.0 Å². The Morgan fingerprint density at radius 2 is 1.95 bits per heavy atom. The summed E-state index contributed by atoms with van der Waals surface area (Å²) in [5.41, 5.74) is 2.64. The number of nitrogens with one attached hydrogen (secondary N) is 1. The van der Waals surface area contributed by atoms with E-state index >= 15 is 0 Å². The summed E-state index contributed by atoms with van der Waals surface area (Å²) in [5.74, 6) is 0.929. The van der Waals surface area contributed by atoms with Crippen LogP contribution in [0.4, 0.5) is 5.69 Å². The molecule has 1 saturated carbocycles. The zero-order chi connectivity index (χ0) is 14.7. The summed E-state index contributed by atoms with van der Waals surface area (Å²) in [6.07, 6.45) is 8.01. The molecule has 0 unspecified atom stereocenters. The number of anilines is 1. The molecule has 1 aromatic carbocycles. The first-order valence-electron chi connectivity index (χ1n) is 8.53. The van der Waals surface area contributed by atoms with E-state index in [1.165, 1.54) is 62.9 Å². The van der Waals surface area contributed by atoms with Crippen molar-refractivity contribution in [3.63, 3.8) is 0 Å². The van der Waals surface area contributed by atoms with Gasteiger partial charge in [-0.05, 0) is 43.7 Å². The number of nitrogens with zero attached hydrogens (tertiary/aromatic N) is 1. The molecule has 0 radical (unpaired) electrons. The predicted octanol–water partition coefficient (Wildman–Crippen LogP) is 4.61. The summed E-state index contributed by atoms with van der Waals surface area (Å²) in [6, 6.07) is 7.09. The highest BCUT2D eigenvalue weighted by atomic mass is 35.5. The molecular formula is C18H27ClN2. The maximum absolute atomic E-state index is 6.46. The Kier molecular flexibility index (Phi) is 5.07. The fourth-order valence-electron chi connectivity index (χ4n) is 3.42. The Labute approximate surface area is 133 Å². The summed E-state index contributed by atoms with van der Waals surface area (Å²) >= 11 is 6.46. The van der Waals surface area contributed by atoms with E-state index in [0.717, 1.165) is 23.5 Å². The molecule has 1 aliphatic heterocycles. The van der Waals surface area contributed by atoms with Crippen molar-refractivity contribution in [1.82, 2.24) is 5.32 Å². The topological polar surface area (TPSA) is 15.3 Å². The highest BCUT2D eigenvalue weighted by Crippen LogP contribution is 2.32.